The van der Waals surface area contributed by atoms with Crippen molar-refractivity contribution in [3.8, 4) is 5.75 Å². The lowest BCUT2D eigenvalue weighted by Crippen LogP contribution is -2.22. The molecule has 16 heavy (non-hydrogen) atoms. The van der Waals surface area contributed by atoms with E-state index < -0.39 is 6.09 Å². The van der Waals surface area contributed by atoms with Crippen molar-refractivity contribution in [3.63, 3.8) is 0 Å². The summed E-state index contributed by atoms with van der Waals surface area (Å²) in [4.78, 5) is 11.1. The number of nitrogens with one attached hydrogen (secondary N) is 1. The predicted octanol–water partition coefficient (Wildman–Crippen LogP) is 2.18. The second-order valence-electron chi connectivity index (χ2n) is 3.12. The Kier molecular flexibility index (Phi) is 4.36. The van der Waals surface area contributed by atoms with Crippen LogP contribution in [0, 0.1) is 0 Å². The second kappa shape index (κ2) is 5.55. The summed E-state index contributed by atoms with van der Waals surface area (Å²) in [6.07, 6.45) is -0.452. The maximum Gasteiger partial charge on any atom is 0.412 e. The summed E-state index contributed by atoms with van der Waals surface area (Å²) in [7, 11) is 1.54. The molecule has 0 saturated carbocycles. The van der Waals surface area contributed by atoms with E-state index in [4.69, 9.17) is 4.74 Å². The van der Waals surface area contributed by atoms with Gasteiger partial charge in [-0.3, -0.25) is 0 Å². The zero-order valence-corrected chi connectivity index (χ0v) is 10.1. The first-order valence-corrected chi connectivity index (χ1v) is 4.68. The number of carbonyl (C=O) groups excluding carboxylic acids is 1. The minimum Gasteiger partial charge on any atom is -0.410 e. The molecule has 0 aliphatic heterocycles. The van der Waals surface area contributed by atoms with Crippen molar-refractivity contribution in [2.24, 2.45) is 0 Å². The van der Waals surface area contributed by atoms with Crippen LogP contribution in [0.15, 0.2) is 42.5 Å². The third-order valence-electron chi connectivity index (χ3n) is 2.16. The van der Waals surface area contributed by atoms with E-state index in [0.717, 1.165) is 10.8 Å². The van der Waals surface area contributed by atoms with Crippen LogP contribution < -0.4 is 10.1 Å². The highest BCUT2D eigenvalue weighted by Gasteiger charge is 2.04. The van der Waals surface area contributed by atoms with Gasteiger partial charge in [0.05, 0.1) is 0 Å². The second-order valence-corrected chi connectivity index (χ2v) is 3.12. The molecule has 4 heteroatoms. The lowest BCUT2D eigenvalue weighted by molar-refractivity contribution is 0.203. The minimum atomic E-state index is -0.452. The molecule has 0 aliphatic rings. The molecule has 0 bridgehead atoms. The molecular formula is C12H11AlNO2. The monoisotopic (exact) mass is 228 g/mol. The molecule has 1 amide bonds. The highest BCUT2D eigenvalue weighted by Crippen LogP contribution is 2.24. The van der Waals surface area contributed by atoms with Crippen LogP contribution in [0.1, 0.15) is 0 Å². The largest absolute Gasteiger partial charge is 0.412 e. The third-order valence-corrected chi connectivity index (χ3v) is 2.16. The fraction of sp³-hybridized carbons (Fsp3) is 0.0833. The summed E-state index contributed by atoms with van der Waals surface area (Å²) < 4.78 is 5.13. The van der Waals surface area contributed by atoms with E-state index in [1.807, 2.05) is 36.4 Å². The Morgan fingerprint density at radius 3 is 2.56 bits per heavy atom. The van der Waals surface area contributed by atoms with E-state index in [1.54, 1.807) is 6.07 Å². The van der Waals surface area contributed by atoms with Gasteiger partial charge in [-0.1, -0.05) is 36.4 Å². The number of carbonyl (C=O) groups is 1. The summed E-state index contributed by atoms with van der Waals surface area (Å²) in [6.45, 7) is 0. The van der Waals surface area contributed by atoms with Crippen LogP contribution in [0.25, 0.3) is 10.8 Å². The Labute approximate surface area is 105 Å². The molecule has 0 aromatic heterocycles. The van der Waals surface area contributed by atoms with Gasteiger partial charge in [-0.2, -0.15) is 0 Å². The third kappa shape index (κ3) is 2.54. The fourth-order valence-electron chi connectivity index (χ4n) is 1.44. The Bertz CT molecular complexity index is 494. The van der Waals surface area contributed by atoms with E-state index in [2.05, 4.69) is 5.32 Å². The Morgan fingerprint density at radius 1 is 1.12 bits per heavy atom. The van der Waals surface area contributed by atoms with Crippen molar-refractivity contribution >= 4 is 34.2 Å². The summed E-state index contributed by atoms with van der Waals surface area (Å²) in [6, 6.07) is 13.4. The number of hydrogen-bond acceptors (Lipinski definition) is 2. The molecule has 3 nitrogen and oxygen atoms in total. The van der Waals surface area contributed by atoms with Crippen LogP contribution >= 0.6 is 0 Å². The molecule has 0 spiro atoms. The number of rotatable bonds is 1. The molecule has 0 saturated heterocycles. The lowest BCUT2D eigenvalue weighted by Gasteiger charge is -2.06. The van der Waals surface area contributed by atoms with Crippen molar-refractivity contribution in [1.29, 1.82) is 0 Å². The quantitative estimate of drug-likeness (QED) is 0.760. The van der Waals surface area contributed by atoms with Crippen LogP contribution in [-0.2, 0) is 0 Å². The standard InChI is InChI=1S/C12H11NO2.Al/c1-13-12(14)15-11-8-4-6-9-5-2-3-7-10(9)11;/h2-8H,1H3,(H,13,14);. The first kappa shape index (κ1) is 12.6. The molecule has 2 aromatic rings. The van der Waals surface area contributed by atoms with Crippen LogP contribution in [0.3, 0.4) is 0 Å². The van der Waals surface area contributed by atoms with Gasteiger partial charge in [0.25, 0.3) is 0 Å². The minimum absolute atomic E-state index is 0. The maximum atomic E-state index is 11.1. The number of fused-ring (bicyclic) bond motifs is 1. The molecule has 2 aromatic carbocycles. The van der Waals surface area contributed by atoms with Gasteiger partial charge in [0, 0.05) is 29.8 Å². The van der Waals surface area contributed by atoms with E-state index in [9.17, 15) is 4.79 Å². The van der Waals surface area contributed by atoms with Gasteiger partial charge in [0.1, 0.15) is 5.75 Å². The van der Waals surface area contributed by atoms with Crippen molar-refractivity contribution in [1.82, 2.24) is 5.32 Å². The Balaban J connectivity index is 0.00000128. The van der Waals surface area contributed by atoms with Gasteiger partial charge < -0.3 is 10.1 Å². The molecule has 3 radical (unpaired) electrons. The SMILES string of the molecule is CNC(=O)Oc1cccc2ccccc12.[Al]. The summed E-state index contributed by atoms with van der Waals surface area (Å²) in [5.41, 5.74) is 0. The highest BCUT2D eigenvalue weighted by molar-refractivity contribution is 5.90. The van der Waals surface area contributed by atoms with E-state index in [-0.39, 0.29) is 17.4 Å². The van der Waals surface area contributed by atoms with Crippen LogP contribution in [-0.4, -0.2) is 30.5 Å². The highest BCUT2D eigenvalue weighted by atomic mass is 27.0. The van der Waals surface area contributed by atoms with E-state index in [0.29, 0.717) is 5.75 Å². The van der Waals surface area contributed by atoms with E-state index in [1.165, 1.54) is 7.05 Å². The number of amides is 1. The molecule has 0 unspecified atom stereocenters. The van der Waals surface area contributed by atoms with Gasteiger partial charge in [0.2, 0.25) is 0 Å². The van der Waals surface area contributed by atoms with Gasteiger partial charge in [-0.15, -0.1) is 0 Å². The van der Waals surface area contributed by atoms with Gasteiger partial charge in [-0.25, -0.2) is 4.79 Å². The molecular weight excluding hydrogens is 217 g/mol. The van der Waals surface area contributed by atoms with E-state index >= 15 is 0 Å². The summed E-state index contributed by atoms with van der Waals surface area (Å²) in [5.74, 6) is 0.576. The average Bonchev–Trinajstić information content (AvgIpc) is 2.29. The zero-order valence-electron chi connectivity index (χ0n) is 8.94. The molecule has 79 valence electrons. The Morgan fingerprint density at radius 2 is 1.81 bits per heavy atom. The number of ether oxygens (including phenoxy) is 1. The van der Waals surface area contributed by atoms with Gasteiger partial charge >= 0.3 is 6.09 Å². The van der Waals surface area contributed by atoms with Crippen molar-refractivity contribution < 1.29 is 9.53 Å². The molecule has 0 fully saturated rings. The molecule has 0 heterocycles. The zero-order chi connectivity index (χ0) is 10.7. The molecule has 0 atom stereocenters. The van der Waals surface area contributed by atoms with Crippen LogP contribution in [0.2, 0.25) is 0 Å². The van der Waals surface area contributed by atoms with Gasteiger partial charge in [-0.05, 0) is 11.5 Å². The van der Waals surface area contributed by atoms with Crippen molar-refractivity contribution in [2.75, 3.05) is 7.05 Å². The topological polar surface area (TPSA) is 38.3 Å². The first-order valence-electron chi connectivity index (χ1n) is 4.68. The average molecular weight is 228 g/mol. The Hall–Kier alpha value is -1.50. The van der Waals surface area contributed by atoms with Crippen LogP contribution in [0.5, 0.6) is 5.75 Å². The van der Waals surface area contributed by atoms with Crippen LogP contribution in [0.4, 0.5) is 4.79 Å². The molecule has 2 rings (SSSR count). The molecule has 1 N–H and O–H groups in total. The normalized spacial score (nSPS) is 9.31. The maximum absolute atomic E-state index is 11.1. The summed E-state index contributed by atoms with van der Waals surface area (Å²) >= 11 is 0. The number of hydrogen-bond donors (Lipinski definition) is 1. The summed E-state index contributed by atoms with van der Waals surface area (Å²) in [5, 5.41) is 4.41. The number of benzene rings is 2. The van der Waals surface area contributed by atoms with Gasteiger partial charge in [0.15, 0.2) is 0 Å². The predicted molar refractivity (Wildman–Crippen MR) is 64.8 cm³/mol. The lowest BCUT2D eigenvalue weighted by atomic mass is 10.1. The first-order chi connectivity index (χ1) is 7.31. The smallest absolute Gasteiger partial charge is 0.410 e. The van der Waals surface area contributed by atoms with Crippen molar-refractivity contribution in [2.45, 2.75) is 0 Å². The van der Waals surface area contributed by atoms with Crippen molar-refractivity contribution in [3.05, 3.63) is 42.5 Å². The fourth-order valence-corrected chi connectivity index (χ4v) is 1.44. The molecule has 0 aliphatic carbocycles.